The Bertz CT molecular complexity index is 245. The molecule has 18 heavy (non-hydrogen) atoms. The topological polar surface area (TPSA) is 49.6 Å². The lowest BCUT2D eigenvalue weighted by Crippen LogP contribution is -2.38. The van der Waals surface area contributed by atoms with Crippen molar-refractivity contribution < 1.29 is 4.79 Å². The summed E-state index contributed by atoms with van der Waals surface area (Å²) >= 11 is 0. The summed E-state index contributed by atoms with van der Waals surface area (Å²) in [6, 6.07) is 0. The van der Waals surface area contributed by atoms with Gasteiger partial charge in [0, 0.05) is 25.6 Å². The van der Waals surface area contributed by atoms with Gasteiger partial charge < -0.3 is 15.5 Å². The van der Waals surface area contributed by atoms with E-state index in [1.165, 1.54) is 0 Å². The molecule has 1 fully saturated rings. The van der Waals surface area contributed by atoms with Crippen LogP contribution in [0, 0.1) is 5.92 Å². The molecule has 1 unspecified atom stereocenters. The van der Waals surface area contributed by atoms with E-state index in [9.17, 15) is 4.79 Å². The van der Waals surface area contributed by atoms with E-state index < -0.39 is 0 Å². The summed E-state index contributed by atoms with van der Waals surface area (Å²) in [6.45, 7) is 9.94. The fourth-order valence-corrected chi connectivity index (χ4v) is 2.60. The van der Waals surface area contributed by atoms with Crippen molar-refractivity contribution in [3.63, 3.8) is 0 Å². The number of hydrogen-bond acceptors (Lipinski definition) is 3. The third-order valence-electron chi connectivity index (χ3n) is 3.72. The van der Waals surface area contributed by atoms with Gasteiger partial charge in [0.05, 0.1) is 0 Å². The van der Waals surface area contributed by atoms with Gasteiger partial charge in [-0.2, -0.15) is 0 Å². The first-order valence-electron chi connectivity index (χ1n) is 7.40. The second-order valence-corrected chi connectivity index (χ2v) is 5.35. The van der Waals surface area contributed by atoms with Crippen LogP contribution in [0.1, 0.15) is 39.5 Å². The van der Waals surface area contributed by atoms with E-state index in [2.05, 4.69) is 23.6 Å². The normalized spacial score (nSPS) is 19.6. The van der Waals surface area contributed by atoms with Crippen molar-refractivity contribution in [3.8, 4) is 0 Å². The molecule has 0 saturated carbocycles. The molecule has 1 aliphatic heterocycles. The molecule has 0 aromatic heterocycles. The highest BCUT2D eigenvalue weighted by atomic mass is 16.2. The van der Waals surface area contributed by atoms with Gasteiger partial charge in [0.2, 0.25) is 5.91 Å². The molecule has 1 aliphatic rings. The highest BCUT2D eigenvalue weighted by molar-refractivity contribution is 5.78. The number of nitrogens with two attached hydrogens (primary N) is 1. The van der Waals surface area contributed by atoms with Gasteiger partial charge in [0.15, 0.2) is 0 Å². The molecule has 2 N–H and O–H groups in total. The van der Waals surface area contributed by atoms with Crippen LogP contribution in [-0.4, -0.2) is 55.0 Å². The van der Waals surface area contributed by atoms with Crippen LogP contribution in [0.3, 0.4) is 0 Å². The van der Waals surface area contributed by atoms with Gasteiger partial charge in [0.1, 0.15) is 0 Å². The maximum absolute atomic E-state index is 12.2. The molecule has 1 rings (SSSR count). The molecular weight excluding hydrogens is 226 g/mol. The second kappa shape index (κ2) is 8.48. The number of hydrogen-bond donors (Lipinski definition) is 1. The van der Waals surface area contributed by atoms with Crippen molar-refractivity contribution in [1.29, 1.82) is 0 Å². The number of carbonyl (C=O) groups excluding carboxylic acids is 1. The minimum Gasteiger partial charge on any atom is -0.341 e. The third-order valence-corrected chi connectivity index (χ3v) is 3.72. The largest absolute Gasteiger partial charge is 0.341 e. The summed E-state index contributed by atoms with van der Waals surface area (Å²) in [5.41, 5.74) is 5.54. The zero-order chi connectivity index (χ0) is 13.4. The second-order valence-electron chi connectivity index (χ2n) is 5.35. The molecule has 0 radical (unpaired) electrons. The van der Waals surface area contributed by atoms with E-state index in [4.69, 9.17) is 5.73 Å². The van der Waals surface area contributed by atoms with Crippen molar-refractivity contribution in [2.75, 3.05) is 39.3 Å². The van der Waals surface area contributed by atoms with Gasteiger partial charge in [-0.3, -0.25) is 4.79 Å². The van der Waals surface area contributed by atoms with Crippen molar-refractivity contribution in [3.05, 3.63) is 0 Å². The van der Waals surface area contributed by atoms with Crippen LogP contribution >= 0.6 is 0 Å². The minimum atomic E-state index is 0.186. The zero-order valence-corrected chi connectivity index (χ0v) is 12.0. The SMILES string of the molecule is CCCC(C)C(=O)N1CCCN(CCCN)CC1. The van der Waals surface area contributed by atoms with Gasteiger partial charge >= 0.3 is 0 Å². The Morgan fingerprint density at radius 2 is 2.06 bits per heavy atom. The van der Waals surface area contributed by atoms with Crippen molar-refractivity contribution >= 4 is 5.91 Å². The number of rotatable bonds is 6. The van der Waals surface area contributed by atoms with Gasteiger partial charge in [-0.05, 0) is 38.9 Å². The molecule has 0 aliphatic carbocycles. The summed E-state index contributed by atoms with van der Waals surface area (Å²) < 4.78 is 0. The molecular formula is C14H29N3O. The molecule has 4 nitrogen and oxygen atoms in total. The van der Waals surface area contributed by atoms with E-state index in [-0.39, 0.29) is 5.92 Å². The number of amides is 1. The van der Waals surface area contributed by atoms with Gasteiger partial charge in [-0.15, -0.1) is 0 Å². The summed E-state index contributed by atoms with van der Waals surface area (Å²) in [6.07, 6.45) is 4.24. The minimum absolute atomic E-state index is 0.186. The van der Waals surface area contributed by atoms with Crippen molar-refractivity contribution in [2.24, 2.45) is 11.7 Å². The van der Waals surface area contributed by atoms with Crippen molar-refractivity contribution in [1.82, 2.24) is 9.80 Å². The molecule has 1 saturated heterocycles. The summed E-state index contributed by atoms with van der Waals surface area (Å²) in [5.74, 6) is 0.531. The summed E-state index contributed by atoms with van der Waals surface area (Å²) in [7, 11) is 0. The predicted octanol–water partition coefficient (Wildman–Crippen LogP) is 1.31. The Hall–Kier alpha value is -0.610. The maximum atomic E-state index is 12.2. The highest BCUT2D eigenvalue weighted by Crippen LogP contribution is 2.12. The Morgan fingerprint density at radius 3 is 2.72 bits per heavy atom. The van der Waals surface area contributed by atoms with Crippen LogP contribution in [0.4, 0.5) is 0 Å². The summed E-state index contributed by atoms with van der Waals surface area (Å²) in [4.78, 5) is 16.7. The monoisotopic (exact) mass is 255 g/mol. The average Bonchev–Trinajstić information content (AvgIpc) is 2.61. The quantitative estimate of drug-likeness (QED) is 0.778. The van der Waals surface area contributed by atoms with Crippen LogP contribution in [0.15, 0.2) is 0 Å². The lowest BCUT2D eigenvalue weighted by atomic mass is 10.0. The Balaban J connectivity index is 2.38. The molecule has 106 valence electrons. The molecule has 0 bridgehead atoms. The van der Waals surface area contributed by atoms with Crippen LogP contribution in [0.5, 0.6) is 0 Å². The van der Waals surface area contributed by atoms with Gasteiger partial charge in [-0.25, -0.2) is 0 Å². The number of carbonyl (C=O) groups is 1. The lowest BCUT2D eigenvalue weighted by Gasteiger charge is -2.24. The van der Waals surface area contributed by atoms with Crippen LogP contribution < -0.4 is 5.73 Å². The first-order chi connectivity index (χ1) is 8.69. The standard InChI is InChI=1S/C14H29N3O/c1-3-6-13(2)14(18)17-10-5-9-16(11-12-17)8-4-7-15/h13H,3-12,15H2,1-2H3. The lowest BCUT2D eigenvalue weighted by molar-refractivity contribution is -0.135. The van der Waals surface area contributed by atoms with Crippen LogP contribution in [0.25, 0.3) is 0 Å². The van der Waals surface area contributed by atoms with E-state index in [1.807, 2.05) is 0 Å². The van der Waals surface area contributed by atoms with E-state index in [0.717, 1.165) is 65.0 Å². The summed E-state index contributed by atoms with van der Waals surface area (Å²) in [5, 5.41) is 0. The third kappa shape index (κ3) is 4.94. The molecule has 1 heterocycles. The van der Waals surface area contributed by atoms with E-state index >= 15 is 0 Å². The van der Waals surface area contributed by atoms with Crippen LogP contribution in [0.2, 0.25) is 0 Å². The number of nitrogens with zero attached hydrogens (tertiary/aromatic N) is 2. The molecule has 0 aromatic rings. The van der Waals surface area contributed by atoms with Crippen LogP contribution in [-0.2, 0) is 4.79 Å². The molecule has 1 amide bonds. The first-order valence-corrected chi connectivity index (χ1v) is 7.40. The highest BCUT2D eigenvalue weighted by Gasteiger charge is 2.22. The fourth-order valence-electron chi connectivity index (χ4n) is 2.60. The zero-order valence-electron chi connectivity index (χ0n) is 12.0. The van der Waals surface area contributed by atoms with E-state index in [1.54, 1.807) is 0 Å². The fraction of sp³-hybridized carbons (Fsp3) is 0.929. The Kier molecular flexibility index (Phi) is 7.28. The maximum Gasteiger partial charge on any atom is 0.225 e. The average molecular weight is 255 g/mol. The first kappa shape index (κ1) is 15.4. The Labute approximate surface area is 111 Å². The predicted molar refractivity (Wildman–Crippen MR) is 75.4 cm³/mol. The van der Waals surface area contributed by atoms with Gasteiger partial charge in [0.25, 0.3) is 0 Å². The molecule has 4 heteroatoms. The molecule has 0 spiro atoms. The van der Waals surface area contributed by atoms with E-state index in [0.29, 0.717) is 5.91 Å². The van der Waals surface area contributed by atoms with Crippen molar-refractivity contribution in [2.45, 2.75) is 39.5 Å². The Morgan fingerprint density at radius 1 is 1.28 bits per heavy atom. The molecule has 0 aromatic carbocycles. The smallest absolute Gasteiger partial charge is 0.225 e. The van der Waals surface area contributed by atoms with Gasteiger partial charge in [-0.1, -0.05) is 20.3 Å². The molecule has 1 atom stereocenters.